The second kappa shape index (κ2) is 7.43. The van der Waals surface area contributed by atoms with Gasteiger partial charge in [0.05, 0.1) is 12.7 Å². The number of rotatable bonds is 4. The average Bonchev–Trinajstić information content (AvgIpc) is 2.73. The number of carbonyl (C=O) groups is 1. The lowest BCUT2D eigenvalue weighted by atomic mass is 9.98. The maximum Gasteiger partial charge on any atom is 0.340 e. The van der Waals surface area contributed by atoms with Crippen LogP contribution in [0.2, 0.25) is 0 Å². The number of carbonyl (C=O) groups excluding carboxylic acids is 1. The van der Waals surface area contributed by atoms with Gasteiger partial charge in [0, 0.05) is 11.7 Å². The van der Waals surface area contributed by atoms with Crippen molar-refractivity contribution in [1.29, 1.82) is 0 Å². The summed E-state index contributed by atoms with van der Waals surface area (Å²) in [5.74, 6) is -0.116. The minimum Gasteiger partial charge on any atom is -0.465 e. The normalized spacial score (nSPS) is 22.4. The molecule has 116 valence electrons. The second-order valence-corrected chi connectivity index (χ2v) is 5.81. The monoisotopic (exact) mass is 293 g/mol. The van der Waals surface area contributed by atoms with E-state index >= 15 is 0 Å². The van der Waals surface area contributed by atoms with Crippen LogP contribution in [0.4, 0.5) is 10.1 Å². The van der Waals surface area contributed by atoms with Gasteiger partial charge in [0.1, 0.15) is 5.82 Å². The maximum atomic E-state index is 13.3. The molecule has 1 fully saturated rings. The molecule has 1 aromatic rings. The van der Waals surface area contributed by atoms with Gasteiger partial charge in [0.2, 0.25) is 0 Å². The molecule has 2 rings (SSSR count). The Kier molecular flexibility index (Phi) is 5.59. The zero-order chi connectivity index (χ0) is 15.2. The molecule has 2 atom stereocenters. The number of nitrogens with one attached hydrogen (secondary N) is 1. The third-order valence-corrected chi connectivity index (χ3v) is 4.41. The molecule has 4 heteroatoms. The van der Waals surface area contributed by atoms with Crippen molar-refractivity contribution in [1.82, 2.24) is 0 Å². The lowest BCUT2D eigenvalue weighted by molar-refractivity contribution is 0.0601. The van der Waals surface area contributed by atoms with E-state index in [0.29, 0.717) is 11.7 Å². The van der Waals surface area contributed by atoms with Gasteiger partial charge in [-0.05, 0) is 43.4 Å². The molecular formula is C17H24FNO2. The van der Waals surface area contributed by atoms with Gasteiger partial charge in [-0.25, -0.2) is 9.18 Å². The van der Waals surface area contributed by atoms with Gasteiger partial charge < -0.3 is 10.1 Å². The highest BCUT2D eigenvalue weighted by Gasteiger charge is 2.20. The highest BCUT2D eigenvalue weighted by atomic mass is 19.1. The number of halogens is 1. The molecule has 0 radical (unpaired) electrons. The first-order valence-electron chi connectivity index (χ1n) is 7.78. The fraction of sp³-hybridized carbons (Fsp3) is 0.588. The predicted molar refractivity (Wildman–Crippen MR) is 82.0 cm³/mol. The van der Waals surface area contributed by atoms with Gasteiger partial charge in [-0.2, -0.15) is 0 Å². The van der Waals surface area contributed by atoms with Gasteiger partial charge in [0.25, 0.3) is 0 Å². The number of methoxy groups -OCH3 is 1. The molecule has 21 heavy (non-hydrogen) atoms. The third kappa shape index (κ3) is 4.19. The van der Waals surface area contributed by atoms with Crippen molar-refractivity contribution in [2.75, 3.05) is 12.4 Å². The van der Waals surface area contributed by atoms with Crippen molar-refractivity contribution in [3.63, 3.8) is 0 Å². The molecule has 3 nitrogen and oxygen atoms in total. The summed E-state index contributed by atoms with van der Waals surface area (Å²) in [4.78, 5) is 11.8. The van der Waals surface area contributed by atoms with Crippen LogP contribution in [0.5, 0.6) is 0 Å². The van der Waals surface area contributed by atoms with Crippen LogP contribution in [0.25, 0.3) is 0 Å². The molecule has 0 saturated heterocycles. The highest BCUT2D eigenvalue weighted by Crippen LogP contribution is 2.28. The van der Waals surface area contributed by atoms with E-state index in [1.54, 1.807) is 6.07 Å². The van der Waals surface area contributed by atoms with Crippen molar-refractivity contribution in [2.45, 2.75) is 51.5 Å². The highest BCUT2D eigenvalue weighted by molar-refractivity contribution is 5.95. The van der Waals surface area contributed by atoms with E-state index in [2.05, 4.69) is 12.2 Å². The molecule has 0 aliphatic heterocycles. The Hall–Kier alpha value is -1.58. The molecule has 1 N–H and O–H groups in total. The molecule has 0 bridgehead atoms. The summed E-state index contributed by atoms with van der Waals surface area (Å²) >= 11 is 0. The van der Waals surface area contributed by atoms with Crippen molar-refractivity contribution in [3.05, 3.63) is 29.6 Å². The van der Waals surface area contributed by atoms with Crippen molar-refractivity contribution in [3.8, 4) is 0 Å². The Balaban J connectivity index is 2.10. The fourth-order valence-electron chi connectivity index (χ4n) is 3.07. The molecule has 1 aliphatic carbocycles. The standard InChI is InChI=1S/C17H24FNO2/c1-3-12-5-4-6-14(9-7-12)19-16-10-8-13(18)11-15(16)17(20)21-2/h8,10-12,14,19H,3-7,9H2,1-2H3. The van der Waals surface area contributed by atoms with Gasteiger partial charge in [-0.1, -0.05) is 26.2 Å². The largest absolute Gasteiger partial charge is 0.465 e. The SMILES string of the molecule is CCC1CCCC(Nc2ccc(F)cc2C(=O)OC)CC1. The number of benzene rings is 1. The summed E-state index contributed by atoms with van der Waals surface area (Å²) in [6.45, 7) is 2.24. The summed E-state index contributed by atoms with van der Waals surface area (Å²) in [5, 5.41) is 3.41. The van der Waals surface area contributed by atoms with E-state index in [0.717, 1.165) is 18.8 Å². The number of ether oxygens (including phenoxy) is 1. The summed E-state index contributed by atoms with van der Waals surface area (Å²) < 4.78 is 18.1. The van der Waals surface area contributed by atoms with E-state index in [9.17, 15) is 9.18 Å². The molecule has 0 aromatic heterocycles. The molecule has 1 aliphatic rings. The Morgan fingerprint density at radius 2 is 2.14 bits per heavy atom. The van der Waals surface area contributed by atoms with Gasteiger partial charge in [-0.15, -0.1) is 0 Å². The summed E-state index contributed by atoms with van der Waals surface area (Å²) in [5.41, 5.74) is 0.942. The van der Waals surface area contributed by atoms with Crippen LogP contribution in [0.1, 0.15) is 55.8 Å². The van der Waals surface area contributed by atoms with Crippen LogP contribution in [-0.2, 0) is 4.74 Å². The van der Waals surface area contributed by atoms with Crippen LogP contribution in [-0.4, -0.2) is 19.1 Å². The Bertz CT molecular complexity index is 490. The number of hydrogen-bond donors (Lipinski definition) is 1. The molecular weight excluding hydrogens is 269 g/mol. The van der Waals surface area contributed by atoms with Crippen molar-refractivity contribution < 1.29 is 13.9 Å². The lowest BCUT2D eigenvalue weighted by Crippen LogP contribution is -2.20. The lowest BCUT2D eigenvalue weighted by Gasteiger charge is -2.20. The molecule has 0 heterocycles. The summed E-state index contributed by atoms with van der Waals surface area (Å²) in [7, 11) is 1.31. The minimum absolute atomic E-state index is 0.272. The third-order valence-electron chi connectivity index (χ3n) is 4.41. The van der Waals surface area contributed by atoms with Crippen LogP contribution < -0.4 is 5.32 Å². The zero-order valence-corrected chi connectivity index (χ0v) is 12.8. The number of esters is 1. The first-order chi connectivity index (χ1) is 10.1. The number of anilines is 1. The van der Waals surface area contributed by atoms with E-state index in [4.69, 9.17) is 4.74 Å². The minimum atomic E-state index is -0.503. The van der Waals surface area contributed by atoms with Gasteiger partial charge in [0.15, 0.2) is 0 Å². The molecule has 2 unspecified atom stereocenters. The van der Waals surface area contributed by atoms with E-state index in [-0.39, 0.29) is 5.56 Å². The molecule has 0 spiro atoms. The van der Waals surface area contributed by atoms with E-state index in [1.807, 2.05) is 0 Å². The Morgan fingerprint density at radius 1 is 1.33 bits per heavy atom. The molecule has 0 amide bonds. The maximum absolute atomic E-state index is 13.3. The Labute approximate surface area is 125 Å². The topological polar surface area (TPSA) is 38.3 Å². The fourth-order valence-corrected chi connectivity index (χ4v) is 3.07. The van der Waals surface area contributed by atoms with Gasteiger partial charge in [-0.3, -0.25) is 0 Å². The van der Waals surface area contributed by atoms with Crippen LogP contribution >= 0.6 is 0 Å². The molecule has 1 aromatic carbocycles. The van der Waals surface area contributed by atoms with Crippen molar-refractivity contribution >= 4 is 11.7 Å². The average molecular weight is 293 g/mol. The summed E-state index contributed by atoms with van der Waals surface area (Å²) in [6.07, 6.45) is 7.11. The van der Waals surface area contributed by atoms with Crippen LogP contribution in [0, 0.1) is 11.7 Å². The zero-order valence-electron chi connectivity index (χ0n) is 12.8. The van der Waals surface area contributed by atoms with E-state index < -0.39 is 11.8 Å². The predicted octanol–water partition coefficient (Wildman–Crippen LogP) is 4.38. The molecule has 1 saturated carbocycles. The second-order valence-electron chi connectivity index (χ2n) is 5.81. The van der Waals surface area contributed by atoms with Crippen molar-refractivity contribution in [2.24, 2.45) is 5.92 Å². The first-order valence-corrected chi connectivity index (χ1v) is 7.78. The van der Waals surface area contributed by atoms with E-state index in [1.165, 1.54) is 44.9 Å². The van der Waals surface area contributed by atoms with Crippen LogP contribution in [0.3, 0.4) is 0 Å². The smallest absolute Gasteiger partial charge is 0.340 e. The quantitative estimate of drug-likeness (QED) is 0.661. The van der Waals surface area contributed by atoms with Gasteiger partial charge >= 0.3 is 5.97 Å². The first kappa shape index (κ1) is 15.8. The summed E-state index contributed by atoms with van der Waals surface area (Å²) in [6, 6.07) is 4.58. The number of hydrogen-bond acceptors (Lipinski definition) is 3. The van der Waals surface area contributed by atoms with Crippen LogP contribution in [0.15, 0.2) is 18.2 Å². The Morgan fingerprint density at radius 3 is 2.86 bits per heavy atom.